The monoisotopic (exact) mass is 165 g/mol. The van der Waals surface area contributed by atoms with E-state index in [-0.39, 0.29) is 11.5 Å². The Kier molecular flexibility index (Phi) is 7.67. The molecule has 2 amide bonds. The van der Waals surface area contributed by atoms with Crippen molar-refractivity contribution in [1.29, 1.82) is 0 Å². The van der Waals surface area contributed by atoms with Crippen molar-refractivity contribution >= 4 is 12.2 Å². The zero-order valence-corrected chi connectivity index (χ0v) is 6.31. The molecule has 6 heteroatoms. The first-order chi connectivity index (χ1) is 4.97. The lowest BCUT2D eigenvalue weighted by Crippen LogP contribution is -2.29. The fraction of sp³-hybridized carbons (Fsp3) is 0.600. The molecule has 0 spiro atoms. The number of hydrogen-bond donors (Lipinski definition) is 3. The maximum absolute atomic E-state index is 9.69. The second-order valence-corrected chi connectivity index (χ2v) is 1.44. The number of hydrogen-bond acceptors (Lipinski definition) is 3. The molecule has 0 aromatic rings. The second-order valence-electron chi connectivity index (χ2n) is 1.44. The second kappa shape index (κ2) is 6.81. The minimum Gasteiger partial charge on any atom is -0.465 e. The molecule has 6 nitrogen and oxygen atoms in total. The molecule has 0 heterocycles. The van der Waals surface area contributed by atoms with Crippen molar-refractivity contribution in [2.45, 2.75) is 6.92 Å². The Balaban J connectivity index is 0. The Labute approximate surface area is 63.7 Å². The van der Waals surface area contributed by atoms with Crippen molar-refractivity contribution < 1.29 is 24.9 Å². The molecule has 0 bridgehead atoms. The highest BCUT2D eigenvalue weighted by Crippen LogP contribution is 1.81. The molecular weight excluding hydrogens is 154 g/mol. The molecule has 11 heavy (non-hydrogen) atoms. The normalized spacial score (nSPS) is 7.55. The predicted molar refractivity (Wildman–Crippen MR) is 36.6 cm³/mol. The number of rotatable bonds is 0. The number of carbonyl (C=O) groups is 2. The molecule has 0 aliphatic rings. The third-order valence-electron chi connectivity index (χ3n) is 0.574. The van der Waals surface area contributed by atoms with Gasteiger partial charge in [-0.3, -0.25) is 0 Å². The van der Waals surface area contributed by atoms with Crippen LogP contribution in [0.2, 0.25) is 0 Å². The Morgan fingerprint density at radius 2 is 1.45 bits per heavy atom. The summed E-state index contributed by atoms with van der Waals surface area (Å²) in [6, 6.07) is 0. The van der Waals surface area contributed by atoms with E-state index in [1.54, 1.807) is 6.92 Å². The minimum absolute atomic E-state index is 0.167. The van der Waals surface area contributed by atoms with Crippen LogP contribution in [0.4, 0.5) is 9.59 Å². The minimum atomic E-state index is -1.47. The number of amides is 2. The summed E-state index contributed by atoms with van der Waals surface area (Å²) in [5.41, 5.74) is 0. The fourth-order valence-corrected chi connectivity index (χ4v) is 0.0818. The van der Waals surface area contributed by atoms with Gasteiger partial charge in [-0.15, -0.1) is 0 Å². The van der Waals surface area contributed by atoms with Crippen molar-refractivity contribution in [3.8, 4) is 0 Å². The summed E-state index contributed by atoms with van der Waals surface area (Å²) in [5, 5.41) is 23.4. The van der Waals surface area contributed by atoms with E-state index in [4.69, 9.17) is 15.3 Å². The Morgan fingerprint density at radius 1 is 1.27 bits per heavy atom. The first-order valence-electron chi connectivity index (χ1n) is 2.77. The van der Waals surface area contributed by atoms with Crippen LogP contribution in [0.1, 0.15) is 6.92 Å². The molecular formula is C5H11NO5. The van der Waals surface area contributed by atoms with Crippen LogP contribution in [0, 0.1) is 0 Å². The van der Waals surface area contributed by atoms with Gasteiger partial charge in [0.25, 0.3) is 0 Å². The van der Waals surface area contributed by atoms with Gasteiger partial charge in [0.1, 0.15) is 0 Å². The van der Waals surface area contributed by atoms with Crippen LogP contribution >= 0.6 is 0 Å². The molecule has 0 atom stereocenters. The zero-order valence-electron chi connectivity index (χ0n) is 6.31. The number of imide groups is 1. The standard InChI is InChI=1S/C3H5NO4.C2H6O/c1-4(2(5)6)3(7)8;1-2-3/h1H3,(H,5,6)(H,7,8);3H,2H2,1H3. The number of aliphatic hydroxyl groups excluding tert-OH is 1. The van der Waals surface area contributed by atoms with E-state index in [9.17, 15) is 9.59 Å². The van der Waals surface area contributed by atoms with Crippen LogP contribution in [0.3, 0.4) is 0 Å². The van der Waals surface area contributed by atoms with E-state index < -0.39 is 12.2 Å². The van der Waals surface area contributed by atoms with Crippen LogP contribution in [-0.2, 0) is 0 Å². The molecule has 0 aromatic carbocycles. The van der Waals surface area contributed by atoms with Crippen molar-refractivity contribution in [2.24, 2.45) is 0 Å². The lowest BCUT2D eigenvalue weighted by Gasteiger charge is -2.02. The molecule has 66 valence electrons. The lowest BCUT2D eigenvalue weighted by molar-refractivity contribution is 0.132. The van der Waals surface area contributed by atoms with Gasteiger partial charge in [0, 0.05) is 13.7 Å². The smallest absolute Gasteiger partial charge is 0.416 e. The third kappa shape index (κ3) is 8.70. The van der Waals surface area contributed by atoms with E-state index in [0.717, 1.165) is 7.05 Å². The predicted octanol–water partition coefficient (Wildman–Crippen LogP) is 0.273. The van der Waals surface area contributed by atoms with Gasteiger partial charge in [0.15, 0.2) is 0 Å². The summed E-state index contributed by atoms with van der Waals surface area (Å²) in [5.74, 6) is 0. The van der Waals surface area contributed by atoms with E-state index in [2.05, 4.69) is 0 Å². The molecule has 0 saturated heterocycles. The van der Waals surface area contributed by atoms with E-state index in [0.29, 0.717) is 0 Å². The highest BCUT2D eigenvalue weighted by molar-refractivity contribution is 5.84. The molecule has 0 aromatic heterocycles. The summed E-state index contributed by atoms with van der Waals surface area (Å²) in [6.45, 7) is 1.93. The average molecular weight is 165 g/mol. The van der Waals surface area contributed by atoms with Crippen LogP contribution in [0.5, 0.6) is 0 Å². The van der Waals surface area contributed by atoms with Crippen molar-refractivity contribution in [1.82, 2.24) is 4.90 Å². The van der Waals surface area contributed by atoms with Gasteiger partial charge >= 0.3 is 12.2 Å². The fourth-order valence-electron chi connectivity index (χ4n) is 0.0818. The van der Waals surface area contributed by atoms with Crippen LogP contribution < -0.4 is 0 Å². The number of carboxylic acid groups (broad SMARTS) is 2. The molecule has 3 N–H and O–H groups in total. The summed E-state index contributed by atoms with van der Waals surface area (Å²) in [4.78, 5) is 19.5. The molecule has 0 unspecified atom stereocenters. The molecule has 0 radical (unpaired) electrons. The van der Waals surface area contributed by atoms with Gasteiger partial charge in [-0.05, 0) is 6.92 Å². The van der Waals surface area contributed by atoms with E-state index in [1.165, 1.54) is 0 Å². The summed E-state index contributed by atoms with van der Waals surface area (Å²) < 4.78 is 0. The zero-order chi connectivity index (χ0) is 9.44. The van der Waals surface area contributed by atoms with Crippen LogP contribution in [0.15, 0.2) is 0 Å². The van der Waals surface area contributed by atoms with Crippen molar-refractivity contribution in [2.75, 3.05) is 13.7 Å². The largest absolute Gasteiger partial charge is 0.465 e. The van der Waals surface area contributed by atoms with E-state index in [1.807, 2.05) is 0 Å². The van der Waals surface area contributed by atoms with Gasteiger partial charge in [0.2, 0.25) is 0 Å². The summed E-state index contributed by atoms with van der Waals surface area (Å²) >= 11 is 0. The Bertz CT molecular complexity index is 121. The maximum atomic E-state index is 9.69. The van der Waals surface area contributed by atoms with Crippen molar-refractivity contribution in [3.05, 3.63) is 0 Å². The lowest BCUT2D eigenvalue weighted by atomic mass is 10.9. The molecule has 0 rings (SSSR count). The maximum Gasteiger partial charge on any atom is 0.416 e. The molecule has 0 aliphatic heterocycles. The van der Waals surface area contributed by atoms with Gasteiger partial charge in [-0.1, -0.05) is 0 Å². The third-order valence-corrected chi connectivity index (χ3v) is 0.574. The van der Waals surface area contributed by atoms with Crippen LogP contribution in [-0.4, -0.2) is 46.1 Å². The highest BCUT2D eigenvalue weighted by atomic mass is 16.4. The van der Waals surface area contributed by atoms with Gasteiger partial charge in [-0.2, -0.15) is 0 Å². The highest BCUT2D eigenvalue weighted by Gasteiger charge is 2.11. The number of nitrogens with zero attached hydrogens (tertiary/aromatic N) is 1. The molecule has 0 fully saturated rings. The Morgan fingerprint density at radius 3 is 1.45 bits per heavy atom. The van der Waals surface area contributed by atoms with Gasteiger partial charge < -0.3 is 15.3 Å². The SMILES string of the molecule is CCO.CN(C(=O)O)C(=O)O. The van der Waals surface area contributed by atoms with Crippen molar-refractivity contribution in [3.63, 3.8) is 0 Å². The van der Waals surface area contributed by atoms with E-state index >= 15 is 0 Å². The quantitative estimate of drug-likeness (QED) is 0.478. The van der Waals surface area contributed by atoms with Gasteiger partial charge in [0.05, 0.1) is 0 Å². The number of aliphatic hydroxyl groups is 1. The first kappa shape index (κ1) is 12.4. The summed E-state index contributed by atoms with van der Waals surface area (Å²) in [6.07, 6.45) is -2.95. The topological polar surface area (TPSA) is 98.1 Å². The Hall–Kier alpha value is -1.30. The van der Waals surface area contributed by atoms with Crippen LogP contribution in [0.25, 0.3) is 0 Å². The average Bonchev–Trinajstić information content (AvgIpc) is 1.87. The van der Waals surface area contributed by atoms with Gasteiger partial charge in [-0.25, -0.2) is 14.5 Å². The first-order valence-corrected chi connectivity index (χ1v) is 2.77. The molecule has 0 saturated carbocycles. The molecule has 0 aliphatic carbocycles. The summed E-state index contributed by atoms with van der Waals surface area (Å²) in [7, 11) is 0.949.